The lowest BCUT2D eigenvalue weighted by molar-refractivity contribution is -0.148. The van der Waals surface area contributed by atoms with Crippen LogP contribution in [0.1, 0.15) is 76.3 Å². The highest BCUT2D eigenvalue weighted by Crippen LogP contribution is 2.66. The van der Waals surface area contributed by atoms with Gasteiger partial charge in [0.2, 0.25) is 5.91 Å². The topological polar surface area (TPSA) is 96.8 Å². The van der Waals surface area contributed by atoms with Crippen molar-refractivity contribution in [2.24, 2.45) is 28.6 Å². The fourth-order valence-corrected chi connectivity index (χ4v) is 10.9. The molecule has 2 aromatic rings. The second-order valence-electron chi connectivity index (χ2n) is 14.1. The predicted molar refractivity (Wildman–Crippen MR) is 188 cm³/mol. The molecule has 1 amide bonds. The first kappa shape index (κ1) is 33.8. The van der Waals surface area contributed by atoms with Crippen molar-refractivity contribution in [1.29, 1.82) is 0 Å². The van der Waals surface area contributed by atoms with Crippen molar-refractivity contribution in [2.45, 2.75) is 77.9 Å². The van der Waals surface area contributed by atoms with Crippen LogP contribution >= 0.6 is 21.6 Å². The molecule has 1 aromatic carbocycles. The Balaban J connectivity index is 0.956. The number of hydrogen-bond donors (Lipinski definition) is 1. The Bertz CT molecular complexity index is 1510. The summed E-state index contributed by atoms with van der Waals surface area (Å²) in [5, 5.41) is 9.27. The van der Waals surface area contributed by atoms with Crippen molar-refractivity contribution < 1.29 is 24.2 Å². The largest absolute Gasteiger partial charge is 0.480 e. The van der Waals surface area contributed by atoms with Crippen LogP contribution in [0.3, 0.4) is 0 Å². The van der Waals surface area contributed by atoms with Gasteiger partial charge in [0.25, 0.3) is 0 Å². The molecule has 6 rings (SSSR count). The molecule has 1 aromatic heterocycles. The molecule has 0 spiro atoms. The number of ether oxygens (including phenoxy) is 1. The third-order valence-corrected chi connectivity index (χ3v) is 13.7. The molecule has 0 saturated heterocycles. The van der Waals surface area contributed by atoms with Crippen LogP contribution in [-0.2, 0) is 25.7 Å². The first-order chi connectivity index (χ1) is 22.7. The summed E-state index contributed by atoms with van der Waals surface area (Å²) in [6.07, 6.45) is 16.5. The number of aliphatic carboxylic acids is 1. The van der Waals surface area contributed by atoms with Gasteiger partial charge < -0.3 is 14.7 Å². The molecule has 0 bridgehead atoms. The second-order valence-corrected chi connectivity index (χ2v) is 16.7. The molecular formula is C38H46N2O5S2. The van der Waals surface area contributed by atoms with E-state index in [9.17, 15) is 19.5 Å². The molecule has 9 heteroatoms. The van der Waals surface area contributed by atoms with Crippen LogP contribution in [0.25, 0.3) is 5.57 Å². The number of pyridine rings is 1. The van der Waals surface area contributed by atoms with Gasteiger partial charge >= 0.3 is 11.9 Å². The quantitative estimate of drug-likeness (QED) is 0.105. The van der Waals surface area contributed by atoms with Gasteiger partial charge in [-0.25, -0.2) is 0 Å². The van der Waals surface area contributed by atoms with E-state index in [-0.39, 0.29) is 54.1 Å². The van der Waals surface area contributed by atoms with E-state index in [0.717, 1.165) is 37.7 Å². The molecule has 2 fully saturated rings. The minimum absolute atomic E-state index is 0.0766. The number of benzene rings is 1. The van der Waals surface area contributed by atoms with Gasteiger partial charge in [0.05, 0.1) is 0 Å². The number of amides is 1. The minimum atomic E-state index is -1.03. The number of carbonyl (C=O) groups excluding carboxylic acids is 2. The zero-order valence-electron chi connectivity index (χ0n) is 27.4. The summed E-state index contributed by atoms with van der Waals surface area (Å²) in [5.41, 5.74) is 5.55. The van der Waals surface area contributed by atoms with Crippen LogP contribution in [0.15, 0.2) is 72.6 Å². The predicted octanol–water partition coefficient (Wildman–Crippen LogP) is 7.83. The smallest absolute Gasteiger partial charge is 0.323 e. The number of carboxylic acid groups (broad SMARTS) is 1. The summed E-state index contributed by atoms with van der Waals surface area (Å²) in [6.45, 7) is 4.90. The van der Waals surface area contributed by atoms with Crippen molar-refractivity contribution in [3.63, 3.8) is 0 Å². The fourth-order valence-electron chi connectivity index (χ4n) is 9.12. The molecule has 0 aliphatic heterocycles. The lowest BCUT2D eigenvalue weighted by atomic mass is 9.47. The molecule has 1 heterocycles. The molecule has 6 atom stereocenters. The highest BCUT2D eigenvalue weighted by atomic mass is 33.1. The van der Waals surface area contributed by atoms with Crippen LogP contribution < -0.4 is 0 Å². The number of rotatable bonds is 12. The highest BCUT2D eigenvalue weighted by molar-refractivity contribution is 8.76. The Morgan fingerprint density at radius 3 is 2.55 bits per heavy atom. The monoisotopic (exact) mass is 674 g/mol. The summed E-state index contributed by atoms with van der Waals surface area (Å²) in [5.74, 6) is 1.30. The van der Waals surface area contributed by atoms with Gasteiger partial charge in [-0.3, -0.25) is 19.4 Å². The maximum Gasteiger partial charge on any atom is 0.323 e. The molecule has 4 aliphatic rings. The lowest BCUT2D eigenvalue weighted by Gasteiger charge is -2.57. The average molecular weight is 675 g/mol. The Kier molecular flexibility index (Phi) is 10.5. The summed E-state index contributed by atoms with van der Waals surface area (Å²) >= 11 is 0. The van der Waals surface area contributed by atoms with Gasteiger partial charge in [-0.2, -0.15) is 0 Å². The van der Waals surface area contributed by atoms with Crippen LogP contribution in [0, 0.1) is 28.6 Å². The van der Waals surface area contributed by atoms with E-state index in [1.807, 2.05) is 48.8 Å². The summed E-state index contributed by atoms with van der Waals surface area (Å²) in [4.78, 5) is 42.6. The minimum Gasteiger partial charge on any atom is -0.480 e. The van der Waals surface area contributed by atoms with Crippen molar-refractivity contribution in [3.05, 3.63) is 83.7 Å². The molecular weight excluding hydrogens is 629 g/mol. The van der Waals surface area contributed by atoms with Crippen LogP contribution in [-0.4, -0.2) is 57.0 Å². The van der Waals surface area contributed by atoms with E-state index in [1.165, 1.54) is 56.0 Å². The number of allylic oxidation sites excluding steroid dienone is 3. The van der Waals surface area contributed by atoms with Crippen molar-refractivity contribution in [3.8, 4) is 0 Å². The van der Waals surface area contributed by atoms with Gasteiger partial charge in [0.1, 0.15) is 18.4 Å². The summed E-state index contributed by atoms with van der Waals surface area (Å²) in [6, 6.07) is 13.7. The highest BCUT2D eigenvalue weighted by Gasteiger charge is 2.57. The van der Waals surface area contributed by atoms with E-state index < -0.39 is 5.97 Å². The zero-order valence-corrected chi connectivity index (χ0v) is 29.1. The van der Waals surface area contributed by atoms with Gasteiger partial charge in [0, 0.05) is 37.5 Å². The SMILES string of the molecule is C[C@]12CC[C@H](OC(=O)CSSCCC(=O)N(CC(=O)O)Cc3ccccc3)CC1=CC[C@@H]1[C@@H]2CC[C@]2(C)C(c3cccnc3)=CC[C@@H]12. The van der Waals surface area contributed by atoms with Crippen LogP contribution in [0.5, 0.6) is 0 Å². The van der Waals surface area contributed by atoms with Crippen molar-refractivity contribution >= 4 is 45.0 Å². The first-order valence-electron chi connectivity index (χ1n) is 17.0. The molecule has 47 heavy (non-hydrogen) atoms. The number of hydrogen-bond acceptors (Lipinski definition) is 7. The molecule has 2 saturated carbocycles. The first-order valence-corrected chi connectivity index (χ1v) is 19.4. The zero-order chi connectivity index (χ0) is 33.0. The Labute approximate surface area is 286 Å². The molecule has 4 aliphatic carbocycles. The standard InChI is InChI=1S/C38H46N2O5S2/c1-37-17-14-29(45-36(44)25-47-46-20-16-34(41)40(24-35(42)43)23-26-7-4-3-5-8-26)21-28(37)10-11-30-32-13-12-31(27-9-6-19-39-22-27)38(32,2)18-15-33(30)37/h3-10,12,19,22,29-30,32-33H,11,13-18,20-21,23-25H2,1-2H3,(H,42,43)/t29-,30-,32-,33-,37-,38+/m0/s1. The molecule has 250 valence electrons. The van der Waals surface area contributed by atoms with Gasteiger partial charge in [0.15, 0.2) is 0 Å². The molecule has 1 N–H and O–H groups in total. The normalized spacial score (nSPS) is 29.4. The number of carboxylic acids is 1. The number of nitrogens with zero attached hydrogens (tertiary/aromatic N) is 2. The number of aromatic nitrogens is 1. The van der Waals surface area contributed by atoms with E-state index >= 15 is 0 Å². The van der Waals surface area contributed by atoms with Crippen molar-refractivity contribution in [2.75, 3.05) is 18.1 Å². The van der Waals surface area contributed by atoms with Gasteiger partial charge in [-0.1, -0.05) is 89.6 Å². The molecule has 0 unspecified atom stereocenters. The Morgan fingerprint density at radius 1 is 0.979 bits per heavy atom. The molecule has 7 nitrogen and oxygen atoms in total. The third kappa shape index (κ3) is 7.36. The Hall–Kier alpha value is -3.04. The number of carbonyl (C=O) groups is 3. The fraction of sp³-hybridized carbons (Fsp3) is 0.526. The molecule has 0 radical (unpaired) electrons. The van der Waals surface area contributed by atoms with E-state index in [1.54, 1.807) is 0 Å². The van der Waals surface area contributed by atoms with Gasteiger partial charge in [-0.05, 0) is 89.9 Å². The summed E-state index contributed by atoms with van der Waals surface area (Å²) < 4.78 is 5.98. The van der Waals surface area contributed by atoms with E-state index in [0.29, 0.717) is 23.5 Å². The lowest BCUT2D eigenvalue weighted by Crippen LogP contribution is -2.50. The van der Waals surface area contributed by atoms with Crippen LogP contribution in [0.4, 0.5) is 0 Å². The van der Waals surface area contributed by atoms with E-state index in [4.69, 9.17) is 4.74 Å². The maximum atomic E-state index is 12.8. The average Bonchev–Trinajstić information content (AvgIpc) is 3.42. The van der Waals surface area contributed by atoms with Crippen LogP contribution in [0.2, 0.25) is 0 Å². The van der Waals surface area contributed by atoms with Crippen molar-refractivity contribution in [1.82, 2.24) is 9.88 Å². The number of fused-ring (bicyclic) bond motifs is 5. The Morgan fingerprint density at radius 2 is 1.79 bits per heavy atom. The third-order valence-electron chi connectivity index (χ3n) is 11.5. The van der Waals surface area contributed by atoms with Gasteiger partial charge in [-0.15, -0.1) is 0 Å². The number of esters is 1. The maximum absolute atomic E-state index is 12.8. The second kappa shape index (κ2) is 14.6. The van der Waals surface area contributed by atoms with E-state index in [2.05, 4.69) is 37.0 Å². The summed E-state index contributed by atoms with van der Waals surface area (Å²) in [7, 11) is 2.85.